The molecule has 0 aliphatic carbocycles. The molecular weight excluding hydrogens is 295 g/mol. The van der Waals surface area contributed by atoms with E-state index in [-0.39, 0.29) is 16.5 Å². The van der Waals surface area contributed by atoms with Crippen LogP contribution in [0.15, 0.2) is 27.6 Å². The maximum absolute atomic E-state index is 13.3. The minimum Gasteiger partial charge on any atom is -0.360 e. The average Bonchev–Trinajstić information content (AvgIpc) is 2.77. The molecule has 0 atom stereocenters. The van der Waals surface area contributed by atoms with Gasteiger partial charge in [-0.05, 0) is 50.5 Å². The highest BCUT2D eigenvalue weighted by molar-refractivity contribution is 7.93. The maximum Gasteiger partial charge on any atom is 0.269 e. The minimum atomic E-state index is -3.75. The predicted octanol–water partition coefficient (Wildman–Crippen LogP) is 2.57. The standard InChI is InChI=1S/C14H15FN2O3S/c1-9-14(10(2)20-16-9)21(18,19)17-7-3-4-11-8-12(15)5-6-13(11)17/h5-6,8H,3-4,7H2,1-2H3. The molecule has 0 N–H and O–H groups in total. The Morgan fingerprint density at radius 1 is 1.33 bits per heavy atom. The maximum atomic E-state index is 13.3. The van der Waals surface area contributed by atoms with Crippen molar-refractivity contribution in [2.45, 2.75) is 31.6 Å². The minimum absolute atomic E-state index is 0.0969. The van der Waals surface area contributed by atoms with Gasteiger partial charge in [0.15, 0.2) is 10.7 Å². The van der Waals surface area contributed by atoms with Crippen LogP contribution in [0.5, 0.6) is 0 Å². The second-order valence-electron chi connectivity index (χ2n) is 5.11. The van der Waals surface area contributed by atoms with Crippen LogP contribution in [-0.2, 0) is 16.4 Å². The summed E-state index contributed by atoms with van der Waals surface area (Å²) in [7, 11) is -3.75. The van der Waals surface area contributed by atoms with Gasteiger partial charge < -0.3 is 4.52 Å². The molecule has 0 fully saturated rings. The number of anilines is 1. The lowest BCUT2D eigenvalue weighted by Gasteiger charge is -2.30. The summed E-state index contributed by atoms with van der Waals surface area (Å²) in [6.07, 6.45) is 1.32. The Morgan fingerprint density at radius 2 is 2.10 bits per heavy atom. The van der Waals surface area contributed by atoms with Crippen LogP contribution in [0.25, 0.3) is 0 Å². The molecule has 5 nitrogen and oxygen atoms in total. The van der Waals surface area contributed by atoms with E-state index in [4.69, 9.17) is 4.52 Å². The lowest BCUT2D eigenvalue weighted by Crippen LogP contribution is -2.36. The Morgan fingerprint density at radius 3 is 2.76 bits per heavy atom. The molecule has 0 spiro atoms. The summed E-state index contributed by atoms with van der Waals surface area (Å²) < 4.78 is 45.3. The van der Waals surface area contributed by atoms with E-state index < -0.39 is 10.0 Å². The number of aromatic nitrogens is 1. The molecule has 7 heteroatoms. The second kappa shape index (κ2) is 4.84. The number of hydrogen-bond donors (Lipinski definition) is 0. The van der Waals surface area contributed by atoms with Gasteiger partial charge in [0.1, 0.15) is 11.5 Å². The third-order valence-electron chi connectivity index (χ3n) is 3.63. The zero-order valence-electron chi connectivity index (χ0n) is 11.8. The van der Waals surface area contributed by atoms with Crippen LogP contribution in [0, 0.1) is 19.7 Å². The molecule has 3 rings (SSSR count). The Bertz CT molecular complexity index is 779. The molecule has 0 bridgehead atoms. The first-order valence-electron chi connectivity index (χ1n) is 6.65. The summed E-state index contributed by atoms with van der Waals surface area (Å²) in [4.78, 5) is 0.0969. The number of fused-ring (bicyclic) bond motifs is 1. The molecule has 2 aromatic rings. The fourth-order valence-corrected chi connectivity index (χ4v) is 4.57. The highest BCUT2D eigenvalue weighted by Gasteiger charge is 2.33. The van der Waals surface area contributed by atoms with Crippen molar-refractivity contribution in [3.8, 4) is 0 Å². The van der Waals surface area contributed by atoms with E-state index in [0.717, 1.165) is 0 Å². The fraction of sp³-hybridized carbons (Fsp3) is 0.357. The first-order valence-corrected chi connectivity index (χ1v) is 8.09. The third kappa shape index (κ3) is 2.21. The van der Waals surface area contributed by atoms with Gasteiger partial charge in [-0.2, -0.15) is 0 Å². The molecule has 1 aromatic heterocycles. The third-order valence-corrected chi connectivity index (χ3v) is 5.69. The zero-order valence-corrected chi connectivity index (χ0v) is 12.6. The number of aryl methyl sites for hydroxylation is 3. The van der Waals surface area contributed by atoms with E-state index >= 15 is 0 Å². The SMILES string of the molecule is Cc1noc(C)c1S(=O)(=O)N1CCCc2cc(F)ccc21. The molecule has 0 saturated carbocycles. The lowest BCUT2D eigenvalue weighted by molar-refractivity contribution is 0.390. The quantitative estimate of drug-likeness (QED) is 0.855. The van der Waals surface area contributed by atoms with E-state index in [1.165, 1.54) is 22.5 Å². The highest BCUT2D eigenvalue weighted by atomic mass is 32.2. The molecule has 1 aliphatic heterocycles. The molecule has 0 saturated heterocycles. The van der Waals surface area contributed by atoms with Crippen molar-refractivity contribution in [3.05, 3.63) is 41.0 Å². The van der Waals surface area contributed by atoms with Crippen molar-refractivity contribution in [2.75, 3.05) is 10.8 Å². The summed E-state index contributed by atoms with van der Waals surface area (Å²) in [5, 5.41) is 3.71. The van der Waals surface area contributed by atoms with Gasteiger partial charge >= 0.3 is 0 Å². The zero-order chi connectivity index (χ0) is 15.2. The monoisotopic (exact) mass is 310 g/mol. The van der Waals surface area contributed by atoms with Gasteiger partial charge in [0, 0.05) is 6.54 Å². The number of sulfonamides is 1. The molecule has 21 heavy (non-hydrogen) atoms. The van der Waals surface area contributed by atoms with Crippen LogP contribution >= 0.6 is 0 Å². The van der Waals surface area contributed by atoms with Crippen molar-refractivity contribution in [1.29, 1.82) is 0 Å². The number of halogens is 1. The van der Waals surface area contributed by atoms with Gasteiger partial charge in [-0.1, -0.05) is 5.16 Å². The number of benzene rings is 1. The van der Waals surface area contributed by atoms with E-state index in [9.17, 15) is 12.8 Å². The Kier molecular flexibility index (Phi) is 3.24. The van der Waals surface area contributed by atoms with Gasteiger partial charge in [-0.3, -0.25) is 4.31 Å². The molecule has 1 aromatic carbocycles. The second-order valence-corrected chi connectivity index (χ2v) is 6.91. The molecule has 0 amide bonds. The van der Waals surface area contributed by atoms with Crippen LogP contribution in [-0.4, -0.2) is 20.1 Å². The fourth-order valence-electron chi connectivity index (χ4n) is 2.73. The molecule has 1 aliphatic rings. The summed E-state index contributed by atoms with van der Waals surface area (Å²) in [5.41, 5.74) is 1.57. The lowest BCUT2D eigenvalue weighted by atomic mass is 10.0. The van der Waals surface area contributed by atoms with Crippen molar-refractivity contribution >= 4 is 15.7 Å². The van der Waals surface area contributed by atoms with Crippen LogP contribution < -0.4 is 4.31 Å². The first-order chi connectivity index (χ1) is 9.91. The van der Waals surface area contributed by atoms with E-state index in [0.29, 0.717) is 36.3 Å². The normalized spacial score (nSPS) is 15.1. The molecule has 112 valence electrons. The van der Waals surface area contributed by atoms with Gasteiger partial charge in [0.25, 0.3) is 10.0 Å². The Hall–Kier alpha value is -1.89. The average molecular weight is 310 g/mol. The highest BCUT2D eigenvalue weighted by Crippen LogP contribution is 2.34. The van der Waals surface area contributed by atoms with Gasteiger partial charge in [0.05, 0.1) is 5.69 Å². The molecule has 2 heterocycles. The molecular formula is C14H15FN2O3S. The van der Waals surface area contributed by atoms with Crippen LogP contribution in [0.1, 0.15) is 23.4 Å². The van der Waals surface area contributed by atoms with E-state index in [2.05, 4.69) is 5.16 Å². The van der Waals surface area contributed by atoms with Gasteiger partial charge in [0.2, 0.25) is 0 Å². The van der Waals surface area contributed by atoms with Crippen LogP contribution in [0.4, 0.5) is 10.1 Å². The Balaban J connectivity index is 2.14. The number of rotatable bonds is 2. The summed E-state index contributed by atoms with van der Waals surface area (Å²) >= 11 is 0. The summed E-state index contributed by atoms with van der Waals surface area (Å²) in [6.45, 7) is 3.53. The Labute approximate surface area is 122 Å². The largest absolute Gasteiger partial charge is 0.360 e. The topological polar surface area (TPSA) is 63.4 Å². The van der Waals surface area contributed by atoms with E-state index in [1.807, 2.05) is 0 Å². The number of nitrogens with zero attached hydrogens (tertiary/aromatic N) is 2. The first kappa shape index (κ1) is 14.1. The van der Waals surface area contributed by atoms with Gasteiger partial charge in [-0.15, -0.1) is 0 Å². The van der Waals surface area contributed by atoms with Crippen LogP contribution in [0.2, 0.25) is 0 Å². The van der Waals surface area contributed by atoms with Crippen molar-refractivity contribution in [3.63, 3.8) is 0 Å². The summed E-state index contributed by atoms with van der Waals surface area (Å²) in [6, 6.07) is 4.18. The van der Waals surface area contributed by atoms with Crippen molar-refractivity contribution in [2.24, 2.45) is 0 Å². The van der Waals surface area contributed by atoms with E-state index in [1.54, 1.807) is 13.8 Å². The van der Waals surface area contributed by atoms with Crippen molar-refractivity contribution in [1.82, 2.24) is 5.16 Å². The summed E-state index contributed by atoms with van der Waals surface area (Å²) in [5.74, 6) is -0.0907. The predicted molar refractivity (Wildman–Crippen MR) is 75.2 cm³/mol. The molecule has 0 radical (unpaired) electrons. The smallest absolute Gasteiger partial charge is 0.269 e. The number of hydrogen-bond acceptors (Lipinski definition) is 4. The van der Waals surface area contributed by atoms with Gasteiger partial charge in [-0.25, -0.2) is 12.8 Å². The van der Waals surface area contributed by atoms with Crippen LogP contribution in [0.3, 0.4) is 0 Å². The molecule has 0 unspecified atom stereocenters. The van der Waals surface area contributed by atoms with Crippen molar-refractivity contribution < 1.29 is 17.3 Å².